The Morgan fingerprint density at radius 3 is 1.21 bits per heavy atom. The number of rotatable bonds is 9. The van der Waals surface area contributed by atoms with E-state index in [4.69, 9.17) is 9.47 Å². The summed E-state index contributed by atoms with van der Waals surface area (Å²) in [6.45, 7) is 4.00. The van der Waals surface area contributed by atoms with Crippen molar-refractivity contribution in [2.75, 3.05) is 0 Å². The summed E-state index contributed by atoms with van der Waals surface area (Å²) in [5.41, 5.74) is 6.46. The number of carbonyl (C=O) groups is 2. The van der Waals surface area contributed by atoms with E-state index >= 15 is 0 Å². The molecule has 0 saturated heterocycles. The fourth-order valence-electron chi connectivity index (χ4n) is 3.99. The fraction of sp³-hybridized carbons (Fsp3) is 0.111. The number of carbonyl (C=O) groups excluding carboxylic acids is 2. The Kier molecular flexibility index (Phi) is 9.81. The molecule has 0 amide bonds. The zero-order chi connectivity index (χ0) is 29.9. The minimum Gasteiger partial charge on any atom is -0.427 e. The van der Waals surface area contributed by atoms with Crippen LogP contribution in [0.1, 0.15) is 46.2 Å². The maximum absolute atomic E-state index is 12.3. The highest BCUT2D eigenvalue weighted by molar-refractivity contribution is 5.90. The fourth-order valence-corrected chi connectivity index (χ4v) is 3.99. The van der Waals surface area contributed by atoms with Crippen LogP contribution in [0.2, 0.25) is 0 Å². The molecule has 0 aliphatic carbocycles. The molecule has 0 saturated carbocycles. The van der Waals surface area contributed by atoms with Gasteiger partial charge < -0.3 is 9.47 Å². The predicted octanol–water partition coefficient (Wildman–Crippen LogP) is 7.72. The van der Waals surface area contributed by atoms with Gasteiger partial charge in [0.25, 0.3) is 0 Å². The van der Waals surface area contributed by atoms with Crippen molar-refractivity contribution in [1.29, 1.82) is 10.5 Å². The van der Waals surface area contributed by atoms with Gasteiger partial charge in [0.2, 0.25) is 0 Å². The van der Waals surface area contributed by atoms with E-state index in [9.17, 15) is 20.1 Å². The Hall–Kier alpha value is -5.72. The third kappa shape index (κ3) is 8.39. The van der Waals surface area contributed by atoms with Crippen LogP contribution in [0.4, 0.5) is 0 Å². The van der Waals surface area contributed by atoms with E-state index in [0.717, 1.165) is 22.3 Å². The molecule has 0 aliphatic rings. The van der Waals surface area contributed by atoms with E-state index in [-0.39, 0.29) is 12.8 Å². The van der Waals surface area contributed by atoms with Gasteiger partial charge in [-0.25, -0.2) is 0 Å². The lowest BCUT2D eigenvalue weighted by molar-refractivity contribution is -0.140. The van der Waals surface area contributed by atoms with Gasteiger partial charge in [0, 0.05) is 0 Å². The van der Waals surface area contributed by atoms with Gasteiger partial charge in [-0.05, 0) is 96.8 Å². The summed E-state index contributed by atoms with van der Waals surface area (Å²) in [6.07, 6.45) is 3.27. The van der Waals surface area contributed by atoms with E-state index in [0.29, 0.717) is 33.8 Å². The van der Waals surface area contributed by atoms with Crippen LogP contribution in [0.15, 0.2) is 97.1 Å². The maximum atomic E-state index is 12.3. The van der Waals surface area contributed by atoms with Gasteiger partial charge in [-0.2, -0.15) is 10.5 Å². The minimum atomic E-state index is -0.578. The molecule has 4 aromatic carbocycles. The van der Waals surface area contributed by atoms with Gasteiger partial charge in [-0.15, -0.1) is 0 Å². The number of allylic oxidation sites excluding steroid dienone is 2. The summed E-state index contributed by atoms with van der Waals surface area (Å²) in [5.74, 6) is -0.532. The van der Waals surface area contributed by atoms with Gasteiger partial charge in [-0.3, -0.25) is 9.59 Å². The third-order valence-electron chi connectivity index (χ3n) is 6.34. The summed E-state index contributed by atoms with van der Waals surface area (Å²) in [5, 5.41) is 19.2. The van der Waals surface area contributed by atoms with Gasteiger partial charge >= 0.3 is 11.9 Å². The van der Waals surface area contributed by atoms with Gasteiger partial charge in [0.15, 0.2) is 0 Å². The first-order valence-electron chi connectivity index (χ1n) is 13.3. The molecule has 0 fully saturated rings. The highest BCUT2D eigenvalue weighted by atomic mass is 16.5. The number of hydrogen-bond donors (Lipinski definition) is 0. The van der Waals surface area contributed by atoms with Crippen LogP contribution < -0.4 is 9.47 Å². The molecule has 4 aromatic rings. The number of hydrogen-bond acceptors (Lipinski definition) is 6. The molecular weight excluding hydrogens is 524 g/mol. The molecule has 206 valence electrons. The molecule has 0 radical (unpaired) electrons. The zero-order valence-electron chi connectivity index (χ0n) is 23.3. The highest BCUT2D eigenvalue weighted by Gasteiger charge is 2.12. The first-order chi connectivity index (χ1) is 20.3. The maximum Gasteiger partial charge on any atom is 0.311 e. The molecule has 42 heavy (non-hydrogen) atoms. The largest absolute Gasteiger partial charge is 0.427 e. The molecule has 0 N–H and O–H groups in total. The molecule has 6 heteroatoms. The number of ether oxygens (including phenoxy) is 2. The first kappa shape index (κ1) is 29.3. The molecule has 0 spiro atoms. The van der Waals surface area contributed by atoms with Crippen LogP contribution in [-0.4, -0.2) is 11.9 Å². The van der Waals surface area contributed by atoms with Crippen molar-refractivity contribution >= 4 is 35.2 Å². The molecule has 0 heterocycles. The van der Waals surface area contributed by atoms with E-state index in [2.05, 4.69) is 12.1 Å². The van der Waals surface area contributed by atoms with Crippen molar-refractivity contribution in [3.63, 3.8) is 0 Å². The Bertz CT molecular complexity index is 1570. The summed E-state index contributed by atoms with van der Waals surface area (Å²) >= 11 is 0. The third-order valence-corrected chi connectivity index (χ3v) is 6.34. The molecule has 6 nitrogen and oxygen atoms in total. The van der Waals surface area contributed by atoms with Crippen molar-refractivity contribution in [2.45, 2.75) is 26.7 Å². The number of benzene rings is 4. The van der Waals surface area contributed by atoms with Gasteiger partial charge in [0.05, 0.1) is 36.1 Å². The standard InChI is InChI=1S/C36H28N2O4/c1-25-3-7-27(8-4-25)21-31(23-37)29-11-15-33(16-12-29)41-35(39)19-20-36(40)42-34-17-13-30(14-18-34)32(24-38)22-28-9-5-26(2)6-10-28/h3-18,21-22H,19-20H2,1-2H3/b31-21-,32-22+. The second-order valence-corrected chi connectivity index (χ2v) is 9.66. The van der Waals surface area contributed by atoms with Crippen LogP contribution in [0, 0.1) is 36.5 Å². The van der Waals surface area contributed by atoms with Crippen molar-refractivity contribution in [3.05, 3.63) is 130 Å². The smallest absolute Gasteiger partial charge is 0.311 e. The van der Waals surface area contributed by atoms with Crippen LogP contribution in [0.5, 0.6) is 11.5 Å². The van der Waals surface area contributed by atoms with E-state index in [1.807, 2.05) is 62.4 Å². The quantitative estimate of drug-likeness (QED) is 0.0912. The average molecular weight is 553 g/mol. The lowest BCUT2D eigenvalue weighted by atomic mass is 10.0. The monoisotopic (exact) mass is 552 g/mol. The minimum absolute atomic E-state index is 0.159. The molecule has 0 atom stereocenters. The van der Waals surface area contributed by atoms with Gasteiger partial charge in [0.1, 0.15) is 11.5 Å². The lowest BCUT2D eigenvalue weighted by Gasteiger charge is -2.07. The second-order valence-electron chi connectivity index (χ2n) is 9.66. The topological polar surface area (TPSA) is 100 Å². The summed E-state index contributed by atoms with van der Waals surface area (Å²) in [7, 11) is 0. The second kappa shape index (κ2) is 14.1. The van der Waals surface area contributed by atoms with E-state index < -0.39 is 11.9 Å². The number of nitriles is 2. The SMILES string of the molecule is Cc1ccc(/C=C(\C#N)c2ccc(OC(=O)CCC(=O)Oc3ccc(/C(C#N)=C\c4ccc(C)cc4)cc3)cc2)cc1. The van der Waals surface area contributed by atoms with Crippen molar-refractivity contribution in [1.82, 2.24) is 0 Å². The van der Waals surface area contributed by atoms with Crippen molar-refractivity contribution < 1.29 is 19.1 Å². The molecule has 4 rings (SSSR count). The Morgan fingerprint density at radius 2 is 0.905 bits per heavy atom. The lowest BCUT2D eigenvalue weighted by Crippen LogP contribution is -2.14. The predicted molar refractivity (Wildman–Crippen MR) is 163 cm³/mol. The van der Waals surface area contributed by atoms with Crippen LogP contribution in [0.25, 0.3) is 23.3 Å². The summed E-state index contributed by atoms with van der Waals surface area (Å²) in [4.78, 5) is 24.6. The van der Waals surface area contributed by atoms with Crippen molar-refractivity contribution in [3.8, 4) is 23.6 Å². The van der Waals surface area contributed by atoms with Crippen molar-refractivity contribution in [2.24, 2.45) is 0 Å². The highest BCUT2D eigenvalue weighted by Crippen LogP contribution is 2.23. The molecule has 0 aliphatic heterocycles. The average Bonchev–Trinajstić information content (AvgIpc) is 3.00. The number of aryl methyl sites for hydroxylation is 2. The Balaban J connectivity index is 1.27. The number of nitrogens with zero attached hydrogens (tertiary/aromatic N) is 2. The summed E-state index contributed by atoms with van der Waals surface area (Å²) in [6, 6.07) is 33.3. The van der Waals surface area contributed by atoms with Gasteiger partial charge in [-0.1, -0.05) is 59.7 Å². The van der Waals surface area contributed by atoms with E-state index in [1.54, 1.807) is 60.7 Å². The molecule has 0 unspecified atom stereocenters. The van der Waals surface area contributed by atoms with Crippen LogP contribution in [-0.2, 0) is 9.59 Å². The van der Waals surface area contributed by atoms with Crippen LogP contribution in [0.3, 0.4) is 0 Å². The normalized spacial score (nSPS) is 11.2. The van der Waals surface area contributed by atoms with Crippen LogP contribution >= 0.6 is 0 Å². The Morgan fingerprint density at radius 1 is 0.571 bits per heavy atom. The number of esters is 2. The van der Waals surface area contributed by atoms with E-state index in [1.165, 1.54) is 0 Å². The first-order valence-corrected chi connectivity index (χ1v) is 13.3. The molecule has 0 aromatic heterocycles. The molecule has 0 bridgehead atoms. The Labute approximate surface area is 245 Å². The summed E-state index contributed by atoms with van der Waals surface area (Å²) < 4.78 is 10.7. The molecular formula is C36H28N2O4. The zero-order valence-corrected chi connectivity index (χ0v) is 23.3.